The molecule has 0 radical (unpaired) electrons. The first-order chi connectivity index (χ1) is 10.9. The van der Waals surface area contributed by atoms with Crippen molar-refractivity contribution in [2.75, 3.05) is 31.1 Å². The maximum Gasteiger partial charge on any atom is 0.263 e. The summed E-state index contributed by atoms with van der Waals surface area (Å²) in [4.78, 5) is 24.8. The summed E-state index contributed by atoms with van der Waals surface area (Å²) in [5.74, 6) is 0.670. The molecule has 3 heterocycles. The number of anilines is 1. The van der Waals surface area contributed by atoms with Gasteiger partial charge in [-0.1, -0.05) is 0 Å². The number of nitrogens with one attached hydrogen (secondary N) is 1. The van der Waals surface area contributed by atoms with Crippen LogP contribution in [0.5, 0.6) is 0 Å². The molecule has 1 saturated heterocycles. The number of aromatic nitrogens is 4. The summed E-state index contributed by atoms with van der Waals surface area (Å²) in [6, 6.07) is 0.800. The number of hydrogen-bond donors (Lipinski definition) is 1. The third kappa shape index (κ3) is 2.63. The monoisotopic (exact) mass is 316 g/mol. The SMILES string of the molecule is CC(C)(C)n1ncc2c(=O)[nH]c(N3CCN(C4CC4)CC3)nc21. The number of rotatable bonds is 2. The zero-order valence-corrected chi connectivity index (χ0v) is 14.0. The van der Waals surface area contributed by atoms with Crippen LogP contribution in [0, 0.1) is 0 Å². The van der Waals surface area contributed by atoms with Crippen LogP contribution in [0.15, 0.2) is 11.0 Å². The minimum Gasteiger partial charge on any atom is -0.340 e. The third-order valence-electron chi connectivity index (χ3n) is 4.74. The van der Waals surface area contributed by atoms with E-state index in [0.29, 0.717) is 17.0 Å². The van der Waals surface area contributed by atoms with E-state index in [1.54, 1.807) is 6.20 Å². The van der Waals surface area contributed by atoms with Gasteiger partial charge in [0.15, 0.2) is 5.65 Å². The van der Waals surface area contributed by atoms with Gasteiger partial charge in [-0.25, -0.2) is 4.68 Å². The van der Waals surface area contributed by atoms with Gasteiger partial charge in [0.25, 0.3) is 5.56 Å². The lowest BCUT2D eigenvalue weighted by Gasteiger charge is -2.35. The molecule has 1 N–H and O–H groups in total. The highest BCUT2D eigenvalue weighted by molar-refractivity contribution is 5.74. The van der Waals surface area contributed by atoms with Crippen LogP contribution in [-0.4, -0.2) is 56.9 Å². The Hall–Kier alpha value is -1.89. The lowest BCUT2D eigenvalue weighted by Crippen LogP contribution is -2.48. The molecule has 2 aromatic heterocycles. The zero-order valence-electron chi connectivity index (χ0n) is 14.0. The predicted octanol–water partition coefficient (Wildman–Crippen LogP) is 1.16. The smallest absolute Gasteiger partial charge is 0.263 e. The molecule has 23 heavy (non-hydrogen) atoms. The Morgan fingerprint density at radius 2 is 1.87 bits per heavy atom. The van der Waals surface area contributed by atoms with Crippen molar-refractivity contribution in [2.24, 2.45) is 0 Å². The van der Waals surface area contributed by atoms with Gasteiger partial charge in [-0.2, -0.15) is 10.1 Å². The molecular formula is C16H24N6O. The number of aromatic amines is 1. The van der Waals surface area contributed by atoms with Crippen LogP contribution in [0.2, 0.25) is 0 Å². The maximum absolute atomic E-state index is 12.4. The Labute approximate surface area is 135 Å². The minimum absolute atomic E-state index is 0.106. The van der Waals surface area contributed by atoms with Gasteiger partial charge >= 0.3 is 0 Å². The Morgan fingerprint density at radius 1 is 1.17 bits per heavy atom. The summed E-state index contributed by atoms with van der Waals surface area (Å²) in [5.41, 5.74) is 0.357. The van der Waals surface area contributed by atoms with Crippen LogP contribution in [0.3, 0.4) is 0 Å². The van der Waals surface area contributed by atoms with Crippen LogP contribution >= 0.6 is 0 Å². The van der Waals surface area contributed by atoms with Crippen molar-refractivity contribution in [3.8, 4) is 0 Å². The molecule has 2 aromatic rings. The largest absolute Gasteiger partial charge is 0.340 e. The molecule has 1 aliphatic carbocycles. The summed E-state index contributed by atoms with van der Waals surface area (Å²) in [6.45, 7) is 10.1. The summed E-state index contributed by atoms with van der Waals surface area (Å²) >= 11 is 0. The first-order valence-corrected chi connectivity index (χ1v) is 8.41. The molecule has 0 atom stereocenters. The third-order valence-corrected chi connectivity index (χ3v) is 4.74. The summed E-state index contributed by atoms with van der Waals surface area (Å²) in [6.07, 6.45) is 4.29. The van der Waals surface area contributed by atoms with E-state index in [1.165, 1.54) is 12.8 Å². The summed E-state index contributed by atoms with van der Waals surface area (Å²) in [7, 11) is 0. The van der Waals surface area contributed by atoms with Crippen molar-refractivity contribution in [3.63, 3.8) is 0 Å². The number of fused-ring (bicyclic) bond motifs is 1. The normalized spacial score (nSPS) is 20.4. The van der Waals surface area contributed by atoms with Crippen molar-refractivity contribution >= 4 is 17.0 Å². The second-order valence-corrected chi connectivity index (χ2v) is 7.61. The molecule has 4 rings (SSSR count). The molecule has 2 fully saturated rings. The average molecular weight is 316 g/mol. The van der Waals surface area contributed by atoms with Crippen molar-refractivity contribution in [2.45, 2.75) is 45.2 Å². The lowest BCUT2D eigenvalue weighted by molar-refractivity contribution is 0.247. The van der Waals surface area contributed by atoms with Crippen molar-refractivity contribution in [1.82, 2.24) is 24.6 Å². The number of H-pyrrole nitrogens is 1. The second kappa shape index (κ2) is 5.06. The maximum atomic E-state index is 12.4. The first-order valence-electron chi connectivity index (χ1n) is 8.41. The molecule has 0 bridgehead atoms. The second-order valence-electron chi connectivity index (χ2n) is 7.61. The van der Waals surface area contributed by atoms with Crippen molar-refractivity contribution < 1.29 is 0 Å². The van der Waals surface area contributed by atoms with Crippen LogP contribution < -0.4 is 10.5 Å². The number of nitrogens with zero attached hydrogens (tertiary/aromatic N) is 5. The van der Waals surface area contributed by atoms with Gasteiger partial charge in [0, 0.05) is 32.2 Å². The van der Waals surface area contributed by atoms with Crippen LogP contribution in [-0.2, 0) is 5.54 Å². The lowest BCUT2D eigenvalue weighted by atomic mass is 10.1. The van der Waals surface area contributed by atoms with E-state index in [-0.39, 0.29) is 11.1 Å². The fourth-order valence-corrected chi connectivity index (χ4v) is 3.29. The molecule has 0 spiro atoms. The van der Waals surface area contributed by atoms with E-state index in [2.05, 4.69) is 40.7 Å². The Morgan fingerprint density at radius 3 is 2.48 bits per heavy atom. The van der Waals surface area contributed by atoms with E-state index in [0.717, 1.165) is 32.2 Å². The molecule has 1 saturated carbocycles. The van der Waals surface area contributed by atoms with Gasteiger partial charge in [0.05, 0.1) is 11.7 Å². The van der Waals surface area contributed by atoms with E-state index in [1.807, 2.05) is 4.68 Å². The van der Waals surface area contributed by atoms with E-state index >= 15 is 0 Å². The Balaban J connectivity index is 1.66. The molecular weight excluding hydrogens is 292 g/mol. The Kier molecular flexibility index (Phi) is 3.23. The highest BCUT2D eigenvalue weighted by atomic mass is 16.1. The first kappa shape index (κ1) is 14.7. The van der Waals surface area contributed by atoms with Gasteiger partial charge in [0.1, 0.15) is 5.39 Å². The topological polar surface area (TPSA) is 70.1 Å². The molecule has 0 aromatic carbocycles. The fraction of sp³-hybridized carbons (Fsp3) is 0.688. The molecule has 2 aliphatic rings. The summed E-state index contributed by atoms with van der Waals surface area (Å²) in [5, 5.41) is 4.92. The van der Waals surface area contributed by atoms with E-state index < -0.39 is 0 Å². The minimum atomic E-state index is -0.204. The summed E-state index contributed by atoms with van der Waals surface area (Å²) < 4.78 is 1.83. The molecule has 0 amide bonds. The van der Waals surface area contributed by atoms with Gasteiger partial charge < -0.3 is 4.90 Å². The Bertz CT molecular complexity index is 774. The molecule has 1 aliphatic heterocycles. The highest BCUT2D eigenvalue weighted by Crippen LogP contribution is 2.28. The molecule has 7 heteroatoms. The molecule has 0 unspecified atom stereocenters. The van der Waals surface area contributed by atoms with Gasteiger partial charge in [-0.05, 0) is 33.6 Å². The van der Waals surface area contributed by atoms with Gasteiger partial charge in [-0.3, -0.25) is 14.7 Å². The van der Waals surface area contributed by atoms with E-state index in [9.17, 15) is 4.79 Å². The molecule has 7 nitrogen and oxygen atoms in total. The van der Waals surface area contributed by atoms with Crippen molar-refractivity contribution in [1.29, 1.82) is 0 Å². The number of hydrogen-bond acceptors (Lipinski definition) is 5. The zero-order chi connectivity index (χ0) is 16.2. The van der Waals surface area contributed by atoms with E-state index in [4.69, 9.17) is 4.98 Å². The highest BCUT2D eigenvalue weighted by Gasteiger charge is 2.32. The van der Waals surface area contributed by atoms with Crippen LogP contribution in [0.4, 0.5) is 5.95 Å². The van der Waals surface area contributed by atoms with Crippen LogP contribution in [0.1, 0.15) is 33.6 Å². The average Bonchev–Trinajstić information content (AvgIpc) is 3.25. The number of piperazine rings is 1. The molecule has 124 valence electrons. The van der Waals surface area contributed by atoms with Crippen molar-refractivity contribution in [3.05, 3.63) is 16.6 Å². The standard InChI is InChI=1S/C16H24N6O/c1-16(2,3)22-13-12(10-17-22)14(23)19-15(18-13)21-8-6-20(7-9-21)11-4-5-11/h10-11H,4-9H2,1-3H3,(H,18,19,23). The van der Waals surface area contributed by atoms with Gasteiger partial charge in [0.2, 0.25) is 5.95 Å². The van der Waals surface area contributed by atoms with Gasteiger partial charge in [-0.15, -0.1) is 0 Å². The quantitative estimate of drug-likeness (QED) is 0.900. The fourth-order valence-electron chi connectivity index (χ4n) is 3.29. The predicted molar refractivity (Wildman–Crippen MR) is 90.0 cm³/mol. The van der Waals surface area contributed by atoms with Crippen LogP contribution in [0.25, 0.3) is 11.0 Å².